The van der Waals surface area contributed by atoms with Crippen molar-refractivity contribution in [2.75, 3.05) is 38.0 Å². The van der Waals surface area contributed by atoms with Gasteiger partial charge in [-0.15, -0.1) is 12.4 Å². The van der Waals surface area contributed by atoms with Crippen LogP contribution in [-0.2, 0) is 16.0 Å². The predicted octanol–water partition coefficient (Wildman–Crippen LogP) is 1.94. The van der Waals surface area contributed by atoms with Crippen LogP contribution in [0.4, 0.5) is 14.5 Å². The average Bonchev–Trinajstić information content (AvgIpc) is 2.68. The summed E-state index contributed by atoms with van der Waals surface area (Å²) in [5.74, 6) is -2.91. The Morgan fingerprint density at radius 3 is 2.34 bits per heavy atom. The van der Waals surface area contributed by atoms with E-state index in [1.807, 2.05) is 35.2 Å². The van der Waals surface area contributed by atoms with Gasteiger partial charge in [-0.2, -0.15) is 0 Å². The summed E-state index contributed by atoms with van der Waals surface area (Å²) in [7, 11) is 0. The van der Waals surface area contributed by atoms with Gasteiger partial charge in [0.1, 0.15) is 0 Å². The first kappa shape index (κ1) is 24.5. The number of benzene rings is 2. The quantitative estimate of drug-likeness (QED) is 0.542. The predicted molar refractivity (Wildman–Crippen MR) is 111 cm³/mol. The van der Waals surface area contributed by atoms with Crippen LogP contribution in [0.5, 0.6) is 0 Å². The third-order valence-corrected chi connectivity index (χ3v) is 4.02. The number of halogens is 3. The first-order valence-electron chi connectivity index (χ1n) is 8.96. The minimum atomic E-state index is -1.06. The second-order valence-corrected chi connectivity index (χ2v) is 6.25. The third-order valence-electron chi connectivity index (χ3n) is 4.02. The van der Waals surface area contributed by atoms with Crippen molar-refractivity contribution in [1.29, 1.82) is 0 Å². The normalized spacial score (nSPS) is 10.3. The van der Waals surface area contributed by atoms with Crippen molar-refractivity contribution in [3.8, 4) is 0 Å². The van der Waals surface area contributed by atoms with Gasteiger partial charge in [0.05, 0.1) is 13.1 Å². The van der Waals surface area contributed by atoms with E-state index in [4.69, 9.17) is 5.73 Å². The summed E-state index contributed by atoms with van der Waals surface area (Å²) in [4.78, 5) is 25.9. The molecule has 9 heteroatoms. The molecule has 0 saturated heterocycles. The van der Waals surface area contributed by atoms with Crippen LogP contribution in [0.15, 0.2) is 48.5 Å². The molecule has 2 amide bonds. The summed E-state index contributed by atoms with van der Waals surface area (Å²) in [5.41, 5.74) is 6.89. The molecule has 6 nitrogen and oxygen atoms in total. The van der Waals surface area contributed by atoms with Gasteiger partial charge < -0.3 is 16.4 Å². The smallest absolute Gasteiger partial charge is 0.243 e. The van der Waals surface area contributed by atoms with Crippen LogP contribution in [0.3, 0.4) is 0 Å². The summed E-state index contributed by atoms with van der Waals surface area (Å²) in [5, 5.41) is 4.91. The molecule has 4 N–H and O–H groups in total. The number of nitrogens with zero attached hydrogens (tertiary/aromatic N) is 1. The molecule has 0 heterocycles. The molecule has 0 atom stereocenters. The number of nitrogens with one attached hydrogen (secondary N) is 2. The lowest BCUT2D eigenvalue weighted by molar-refractivity contribution is -0.125. The fourth-order valence-electron chi connectivity index (χ4n) is 2.60. The largest absolute Gasteiger partial charge is 0.346 e. The molecule has 0 aliphatic rings. The van der Waals surface area contributed by atoms with Crippen LogP contribution < -0.4 is 16.4 Å². The van der Waals surface area contributed by atoms with Crippen LogP contribution >= 0.6 is 12.4 Å². The summed E-state index contributed by atoms with van der Waals surface area (Å²) >= 11 is 0. The Bertz CT molecular complexity index is 793. The molecule has 158 valence electrons. The molecule has 2 rings (SSSR count). The Morgan fingerprint density at radius 1 is 0.966 bits per heavy atom. The maximum atomic E-state index is 13.1. The summed E-state index contributed by atoms with van der Waals surface area (Å²) < 4.78 is 26.0. The highest BCUT2D eigenvalue weighted by atomic mass is 35.5. The number of anilines is 1. The Kier molecular flexibility index (Phi) is 10.8. The SMILES string of the molecule is Cl.NCCN(CCc1ccccc1)CC(=O)NCC(=O)Nc1ccc(F)c(F)c1. The van der Waals surface area contributed by atoms with Gasteiger partial charge >= 0.3 is 0 Å². The molecule has 0 aromatic heterocycles. The minimum Gasteiger partial charge on any atom is -0.346 e. The van der Waals surface area contributed by atoms with Crippen LogP contribution in [0.1, 0.15) is 5.56 Å². The second kappa shape index (κ2) is 12.8. The van der Waals surface area contributed by atoms with E-state index < -0.39 is 17.5 Å². The van der Waals surface area contributed by atoms with Crippen LogP contribution in [-0.4, -0.2) is 49.4 Å². The number of carbonyl (C=O) groups is 2. The molecule has 0 saturated carbocycles. The summed E-state index contributed by atoms with van der Waals surface area (Å²) in [6, 6.07) is 12.9. The lowest BCUT2D eigenvalue weighted by Gasteiger charge is -2.21. The van der Waals surface area contributed by atoms with Crippen molar-refractivity contribution in [3.05, 3.63) is 65.7 Å². The highest BCUT2D eigenvalue weighted by Gasteiger charge is 2.12. The first-order valence-corrected chi connectivity index (χ1v) is 8.96. The minimum absolute atomic E-state index is 0. The van der Waals surface area contributed by atoms with Gasteiger partial charge in [-0.3, -0.25) is 14.5 Å². The van der Waals surface area contributed by atoms with E-state index in [2.05, 4.69) is 10.6 Å². The van der Waals surface area contributed by atoms with Gasteiger partial charge in [0, 0.05) is 31.4 Å². The molecule has 0 aliphatic carbocycles. The highest BCUT2D eigenvalue weighted by molar-refractivity contribution is 5.94. The fourth-order valence-corrected chi connectivity index (χ4v) is 2.60. The van der Waals surface area contributed by atoms with E-state index in [0.29, 0.717) is 19.6 Å². The number of hydrogen-bond acceptors (Lipinski definition) is 4. The molecule has 0 fully saturated rings. The topological polar surface area (TPSA) is 87.5 Å². The molecule has 0 spiro atoms. The Balaban J connectivity index is 0.00000420. The molecule has 2 aromatic rings. The Hall–Kier alpha value is -2.55. The van der Waals surface area contributed by atoms with E-state index in [9.17, 15) is 18.4 Å². The Morgan fingerprint density at radius 2 is 1.69 bits per heavy atom. The summed E-state index contributed by atoms with van der Waals surface area (Å²) in [6.07, 6.45) is 0.782. The van der Waals surface area contributed by atoms with Gasteiger partial charge in [-0.25, -0.2) is 8.78 Å². The van der Waals surface area contributed by atoms with Crippen molar-refractivity contribution in [2.24, 2.45) is 5.73 Å². The van der Waals surface area contributed by atoms with E-state index >= 15 is 0 Å². The van der Waals surface area contributed by atoms with Crippen molar-refractivity contribution in [3.63, 3.8) is 0 Å². The fraction of sp³-hybridized carbons (Fsp3) is 0.300. The maximum Gasteiger partial charge on any atom is 0.243 e. The Labute approximate surface area is 174 Å². The zero-order valence-electron chi connectivity index (χ0n) is 15.9. The van der Waals surface area contributed by atoms with Crippen LogP contribution in [0, 0.1) is 11.6 Å². The third kappa shape index (κ3) is 8.99. The standard InChI is InChI=1S/C20H24F2N4O2.ClH/c21-17-7-6-16(12-18(17)22)25-19(27)13-24-20(28)14-26(11-9-23)10-8-15-4-2-1-3-5-15;/h1-7,12H,8-11,13-14,23H2,(H,24,28)(H,25,27);1H. The number of rotatable bonds is 10. The van der Waals surface area contributed by atoms with Crippen LogP contribution in [0.2, 0.25) is 0 Å². The number of nitrogens with two attached hydrogens (primary N) is 1. The first-order chi connectivity index (χ1) is 13.5. The zero-order chi connectivity index (χ0) is 20.4. The van der Waals surface area contributed by atoms with E-state index in [0.717, 1.165) is 24.1 Å². The van der Waals surface area contributed by atoms with Crippen molar-refractivity contribution in [1.82, 2.24) is 10.2 Å². The van der Waals surface area contributed by atoms with Gasteiger partial charge in [-0.1, -0.05) is 30.3 Å². The van der Waals surface area contributed by atoms with Crippen molar-refractivity contribution in [2.45, 2.75) is 6.42 Å². The summed E-state index contributed by atoms with van der Waals surface area (Å²) in [6.45, 7) is 1.48. The van der Waals surface area contributed by atoms with Crippen molar-refractivity contribution >= 4 is 29.9 Å². The number of carbonyl (C=O) groups excluding carboxylic acids is 2. The highest BCUT2D eigenvalue weighted by Crippen LogP contribution is 2.12. The molecule has 0 bridgehead atoms. The van der Waals surface area contributed by atoms with Gasteiger partial charge in [-0.05, 0) is 24.1 Å². The average molecular weight is 427 g/mol. The lowest BCUT2D eigenvalue weighted by atomic mass is 10.1. The second-order valence-electron chi connectivity index (χ2n) is 6.25. The van der Waals surface area contributed by atoms with E-state index in [1.165, 1.54) is 6.07 Å². The zero-order valence-corrected chi connectivity index (χ0v) is 16.7. The van der Waals surface area contributed by atoms with Crippen molar-refractivity contribution < 1.29 is 18.4 Å². The van der Waals surface area contributed by atoms with Gasteiger partial charge in [0.15, 0.2) is 11.6 Å². The molecular formula is C20H25ClF2N4O2. The maximum absolute atomic E-state index is 13.1. The van der Waals surface area contributed by atoms with Gasteiger partial charge in [0.2, 0.25) is 11.8 Å². The molecule has 29 heavy (non-hydrogen) atoms. The lowest BCUT2D eigenvalue weighted by Crippen LogP contribution is -2.42. The molecule has 0 radical (unpaired) electrons. The molecular weight excluding hydrogens is 402 g/mol. The number of amides is 2. The molecule has 2 aromatic carbocycles. The van der Waals surface area contributed by atoms with Gasteiger partial charge in [0.25, 0.3) is 0 Å². The molecule has 0 unspecified atom stereocenters. The van der Waals surface area contributed by atoms with Crippen LogP contribution in [0.25, 0.3) is 0 Å². The van der Waals surface area contributed by atoms with E-state index in [-0.39, 0.29) is 37.1 Å². The monoisotopic (exact) mass is 426 g/mol. The number of hydrogen-bond donors (Lipinski definition) is 3. The van der Waals surface area contributed by atoms with E-state index in [1.54, 1.807) is 0 Å². The molecule has 0 aliphatic heterocycles.